The van der Waals surface area contributed by atoms with Gasteiger partial charge in [0.05, 0.1) is 16.6 Å². The molecular formula is C48H42N3OPt-. The molecule has 0 spiro atoms. The van der Waals surface area contributed by atoms with Gasteiger partial charge in [0.2, 0.25) is 0 Å². The molecule has 0 radical (unpaired) electrons. The monoisotopic (exact) mass is 871 g/mol. The normalized spacial score (nSPS) is 11.9. The average molecular weight is 872 g/mol. The maximum atomic E-state index is 11.1. The van der Waals surface area contributed by atoms with E-state index < -0.39 is 0 Å². The van der Waals surface area contributed by atoms with Gasteiger partial charge >= 0.3 is 0 Å². The van der Waals surface area contributed by atoms with Crippen LogP contribution in [0.5, 0.6) is 5.75 Å². The van der Waals surface area contributed by atoms with Crippen LogP contribution < -0.4 is 0 Å². The molecule has 0 saturated heterocycles. The van der Waals surface area contributed by atoms with Gasteiger partial charge in [-0.2, -0.15) is 0 Å². The molecule has 0 saturated carbocycles. The molecule has 8 rings (SSSR count). The SMILES string of the molecule is CC(C)(C)c1ccc(-n2c(-c3ccccc3O)nc3c(-c4[c-]c(-c5cc(C(C)(C)C)cc6cccnc56)cc(-c5ccccc5)c4)cccc32)cc1.[Pt]. The third-order valence-electron chi connectivity index (χ3n) is 9.95. The van der Waals surface area contributed by atoms with Crippen molar-refractivity contribution >= 4 is 21.9 Å². The van der Waals surface area contributed by atoms with Gasteiger partial charge in [-0.05, 0) is 69.3 Å². The van der Waals surface area contributed by atoms with Gasteiger partial charge in [-0.25, -0.2) is 4.98 Å². The molecule has 0 atom stereocenters. The van der Waals surface area contributed by atoms with Crippen molar-refractivity contribution in [3.63, 3.8) is 0 Å². The minimum atomic E-state index is -0.0540. The first-order valence-electron chi connectivity index (χ1n) is 17.9. The van der Waals surface area contributed by atoms with E-state index in [0.29, 0.717) is 11.4 Å². The predicted molar refractivity (Wildman–Crippen MR) is 216 cm³/mol. The van der Waals surface area contributed by atoms with Crippen LogP contribution >= 0.6 is 0 Å². The molecule has 0 aliphatic carbocycles. The first-order valence-corrected chi connectivity index (χ1v) is 17.9. The Morgan fingerprint density at radius 2 is 1.23 bits per heavy atom. The van der Waals surface area contributed by atoms with E-state index in [1.165, 1.54) is 11.1 Å². The summed E-state index contributed by atoms with van der Waals surface area (Å²) >= 11 is 0. The first-order chi connectivity index (χ1) is 25.0. The Bertz CT molecular complexity index is 2590. The Morgan fingerprint density at radius 3 is 1.92 bits per heavy atom. The maximum Gasteiger partial charge on any atom is 0.148 e. The molecule has 6 aromatic carbocycles. The van der Waals surface area contributed by atoms with Gasteiger partial charge in [-0.1, -0.05) is 143 Å². The summed E-state index contributed by atoms with van der Waals surface area (Å²) in [5.74, 6) is 0.863. The van der Waals surface area contributed by atoms with Crippen LogP contribution in [0.1, 0.15) is 52.7 Å². The summed E-state index contributed by atoms with van der Waals surface area (Å²) in [7, 11) is 0. The molecule has 0 aliphatic heterocycles. The van der Waals surface area contributed by atoms with E-state index in [9.17, 15) is 5.11 Å². The standard InChI is InChI=1S/C48H42N3O.Pt/c1-47(2,3)36-21-23-38(24-22-36)51-42-19-12-18-39(45(42)50-46(51)40-17-10-11-20-43(40)52)34-26-33(31-14-8-7-9-15-31)27-35(28-34)41-30-37(48(4,5)6)29-32-16-13-25-49-44(32)41;/h7-27,29-30,52H,1-6H3;/q-1;. The molecular weight excluding hydrogens is 830 g/mol. The summed E-state index contributed by atoms with van der Waals surface area (Å²) < 4.78 is 2.16. The fourth-order valence-corrected chi connectivity index (χ4v) is 7.02. The van der Waals surface area contributed by atoms with E-state index in [1.54, 1.807) is 6.07 Å². The van der Waals surface area contributed by atoms with Crippen LogP contribution in [0.4, 0.5) is 0 Å². The van der Waals surface area contributed by atoms with Gasteiger partial charge in [-0.3, -0.25) is 9.55 Å². The number of aromatic hydroxyl groups is 1. The minimum Gasteiger partial charge on any atom is -0.507 e. The van der Waals surface area contributed by atoms with Gasteiger partial charge in [0.1, 0.15) is 11.6 Å². The van der Waals surface area contributed by atoms with Gasteiger partial charge in [0.15, 0.2) is 0 Å². The van der Waals surface area contributed by atoms with Crippen molar-refractivity contribution < 1.29 is 26.2 Å². The third kappa shape index (κ3) is 6.85. The molecule has 0 fully saturated rings. The van der Waals surface area contributed by atoms with Crippen molar-refractivity contribution in [2.45, 2.75) is 52.4 Å². The molecule has 5 heteroatoms. The zero-order valence-electron chi connectivity index (χ0n) is 30.9. The third-order valence-corrected chi connectivity index (χ3v) is 9.95. The van der Waals surface area contributed by atoms with E-state index in [-0.39, 0.29) is 37.6 Å². The molecule has 2 aromatic heterocycles. The maximum absolute atomic E-state index is 11.1. The average Bonchev–Trinajstić information content (AvgIpc) is 3.53. The van der Waals surface area contributed by atoms with Crippen LogP contribution in [0.25, 0.3) is 72.4 Å². The molecule has 0 aliphatic rings. The van der Waals surface area contributed by atoms with Crippen LogP contribution in [0.15, 0.2) is 140 Å². The quantitative estimate of drug-likeness (QED) is 0.175. The summed E-state index contributed by atoms with van der Waals surface area (Å²) in [6, 6.07) is 49.9. The van der Waals surface area contributed by atoms with E-state index in [1.807, 2.05) is 36.5 Å². The molecule has 266 valence electrons. The number of para-hydroxylation sites is 2. The van der Waals surface area contributed by atoms with Crippen LogP contribution in [-0.4, -0.2) is 19.6 Å². The zero-order chi connectivity index (χ0) is 36.2. The molecule has 4 nitrogen and oxygen atoms in total. The topological polar surface area (TPSA) is 50.9 Å². The van der Waals surface area contributed by atoms with Crippen molar-refractivity contribution in [2.24, 2.45) is 0 Å². The number of pyridine rings is 1. The number of rotatable bonds is 5. The van der Waals surface area contributed by atoms with E-state index in [0.717, 1.165) is 61.0 Å². The Kier molecular flexibility index (Phi) is 9.47. The van der Waals surface area contributed by atoms with E-state index in [2.05, 4.69) is 149 Å². The summed E-state index contributed by atoms with van der Waals surface area (Å²) in [5.41, 5.74) is 13.0. The van der Waals surface area contributed by atoms with Crippen molar-refractivity contribution in [1.29, 1.82) is 0 Å². The number of fused-ring (bicyclic) bond motifs is 2. The van der Waals surface area contributed by atoms with Crippen molar-refractivity contribution in [3.05, 3.63) is 157 Å². The van der Waals surface area contributed by atoms with Crippen molar-refractivity contribution in [3.8, 4) is 56.2 Å². The fourth-order valence-electron chi connectivity index (χ4n) is 7.02. The number of imidazole rings is 1. The number of benzene rings is 6. The summed E-state index contributed by atoms with van der Waals surface area (Å²) in [4.78, 5) is 10.2. The summed E-state index contributed by atoms with van der Waals surface area (Å²) in [5, 5.41) is 12.2. The van der Waals surface area contributed by atoms with Gasteiger partial charge < -0.3 is 5.11 Å². The molecule has 1 N–H and O–H groups in total. The van der Waals surface area contributed by atoms with Crippen LogP contribution in [0, 0.1) is 6.07 Å². The Balaban J connectivity index is 0.00000435. The number of hydrogen-bond acceptors (Lipinski definition) is 3. The second kappa shape index (κ2) is 13.9. The molecule has 0 unspecified atom stereocenters. The van der Waals surface area contributed by atoms with Gasteiger partial charge in [0, 0.05) is 38.5 Å². The van der Waals surface area contributed by atoms with Crippen molar-refractivity contribution in [1.82, 2.24) is 14.5 Å². The molecule has 0 bridgehead atoms. The molecule has 0 amide bonds. The first kappa shape index (κ1) is 36.1. The van der Waals surface area contributed by atoms with Gasteiger partial charge in [0.25, 0.3) is 0 Å². The number of phenols is 1. The Hall–Kier alpha value is -5.31. The largest absolute Gasteiger partial charge is 0.507 e. The van der Waals surface area contributed by atoms with Crippen LogP contribution in [-0.2, 0) is 31.9 Å². The fraction of sp³-hybridized carbons (Fsp3) is 0.167. The molecule has 8 aromatic rings. The van der Waals surface area contributed by atoms with Gasteiger partial charge in [-0.15, -0.1) is 29.3 Å². The summed E-state index contributed by atoms with van der Waals surface area (Å²) in [6.07, 6.45) is 1.87. The smallest absolute Gasteiger partial charge is 0.148 e. The Labute approximate surface area is 326 Å². The van der Waals surface area contributed by atoms with Crippen molar-refractivity contribution in [2.75, 3.05) is 0 Å². The second-order valence-corrected chi connectivity index (χ2v) is 15.7. The molecule has 53 heavy (non-hydrogen) atoms. The van der Waals surface area contributed by atoms with Crippen LogP contribution in [0.2, 0.25) is 0 Å². The van der Waals surface area contributed by atoms with E-state index >= 15 is 0 Å². The summed E-state index contributed by atoms with van der Waals surface area (Å²) in [6.45, 7) is 13.4. The number of nitrogens with zero attached hydrogens (tertiary/aromatic N) is 3. The Morgan fingerprint density at radius 1 is 0.566 bits per heavy atom. The predicted octanol–water partition coefficient (Wildman–Crippen LogP) is 12.3. The second-order valence-electron chi connectivity index (χ2n) is 15.7. The van der Waals surface area contributed by atoms with Crippen LogP contribution in [0.3, 0.4) is 0 Å². The minimum absolute atomic E-state index is 0. The van der Waals surface area contributed by atoms with E-state index in [4.69, 9.17) is 9.97 Å². The zero-order valence-corrected chi connectivity index (χ0v) is 33.2. The number of aromatic nitrogens is 3. The molecule has 2 heterocycles. The number of phenolic OH excluding ortho intramolecular Hbond substituents is 1. The number of hydrogen-bond donors (Lipinski definition) is 1.